The Morgan fingerprint density at radius 3 is 2.44 bits per heavy atom. The molecular formula is C38H38ClN3O6. The molecule has 4 aromatic rings. The van der Waals surface area contributed by atoms with E-state index < -0.39 is 17.4 Å². The van der Waals surface area contributed by atoms with Gasteiger partial charge in [-0.3, -0.25) is 14.4 Å². The van der Waals surface area contributed by atoms with Crippen molar-refractivity contribution in [3.63, 3.8) is 0 Å². The standard InChI is InChI=1S/C38H38ClN3O6/c1-26(8-6-13-35(44)41(20-21-43)24-27-9-4-3-5-10-27)38(47)33-23-30(39)16-19-34(33)42(37(38)46)25-28-11-7-12-31(22-28)40-36(45)29-14-17-32(48-2)18-15-29/h3-12,14-19,22-23,26,43,47H,13,20-21,24-25H2,1-2H3,(H,40,45)/b8-6+/t26-,38+/m0/s1. The summed E-state index contributed by atoms with van der Waals surface area (Å²) in [7, 11) is 1.56. The first-order valence-corrected chi connectivity index (χ1v) is 16.0. The van der Waals surface area contributed by atoms with Crippen molar-refractivity contribution in [1.29, 1.82) is 0 Å². The van der Waals surface area contributed by atoms with Crippen molar-refractivity contribution in [2.45, 2.75) is 32.0 Å². The number of hydrogen-bond donors (Lipinski definition) is 3. The molecule has 248 valence electrons. The Kier molecular flexibility index (Phi) is 11.0. The summed E-state index contributed by atoms with van der Waals surface area (Å²) in [6.07, 6.45) is 3.34. The lowest BCUT2D eigenvalue weighted by Crippen LogP contribution is -2.44. The summed E-state index contributed by atoms with van der Waals surface area (Å²) < 4.78 is 5.16. The second-order valence-corrected chi connectivity index (χ2v) is 12.1. The van der Waals surface area contributed by atoms with Crippen LogP contribution in [0.4, 0.5) is 11.4 Å². The first kappa shape index (κ1) is 34.4. The average Bonchev–Trinajstić information content (AvgIpc) is 3.30. The molecular weight excluding hydrogens is 630 g/mol. The van der Waals surface area contributed by atoms with Crippen LogP contribution in [0.1, 0.15) is 40.4 Å². The van der Waals surface area contributed by atoms with Gasteiger partial charge in [0.2, 0.25) is 5.91 Å². The fourth-order valence-corrected chi connectivity index (χ4v) is 5.98. The van der Waals surface area contributed by atoms with Gasteiger partial charge >= 0.3 is 0 Å². The Balaban J connectivity index is 1.31. The highest BCUT2D eigenvalue weighted by molar-refractivity contribution is 6.31. The molecule has 4 aromatic carbocycles. The molecule has 0 radical (unpaired) electrons. The predicted molar refractivity (Wildman–Crippen MR) is 186 cm³/mol. The zero-order valence-electron chi connectivity index (χ0n) is 26.8. The van der Waals surface area contributed by atoms with Crippen LogP contribution >= 0.6 is 11.6 Å². The number of fused-ring (bicyclic) bond motifs is 1. The molecule has 0 spiro atoms. The molecule has 9 nitrogen and oxygen atoms in total. The van der Waals surface area contributed by atoms with Crippen LogP contribution in [-0.2, 0) is 28.3 Å². The van der Waals surface area contributed by atoms with Crippen molar-refractivity contribution >= 4 is 40.7 Å². The van der Waals surface area contributed by atoms with Crippen molar-refractivity contribution < 1.29 is 29.3 Å². The Labute approximate surface area is 285 Å². The minimum Gasteiger partial charge on any atom is -0.497 e. The Bertz CT molecular complexity index is 1800. The van der Waals surface area contributed by atoms with Gasteiger partial charge < -0.3 is 30.1 Å². The lowest BCUT2D eigenvalue weighted by atomic mass is 9.83. The van der Waals surface area contributed by atoms with E-state index in [9.17, 15) is 24.6 Å². The minimum atomic E-state index is -1.94. The van der Waals surface area contributed by atoms with Crippen LogP contribution in [0.5, 0.6) is 5.75 Å². The molecule has 0 bridgehead atoms. The number of hydrogen-bond acceptors (Lipinski definition) is 6. The number of carbonyl (C=O) groups excluding carboxylic acids is 3. The first-order chi connectivity index (χ1) is 23.1. The van der Waals surface area contributed by atoms with Crippen molar-refractivity contribution in [2.24, 2.45) is 5.92 Å². The van der Waals surface area contributed by atoms with Crippen LogP contribution in [0.25, 0.3) is 0 Å². The van der Waals surface area contributed by atoms with Crippen molar-refractivity contribution in [1.82, 2.24) is 4.90 Å². The molecule has 0 fully saturated rings. The third kappa shape index (κ3) is 7.60. The van der Waals surface area contributed by atoms with Crippen LogP contribution in [0.2, 0.25) is 5.02 Å². The topological polar surface area (TPSA) is 119 Å². The number of anilines is 2. The van der Waals surface area contributed by atoms with E-state index in [0.717, 1.165) is 11.1 Å². The number of amides is 3. The van der Waals surface area contributed by atoms with Crippen molar-refractivity contribution in [3.05, 3.63) is 136 Å². The summed E-state index contributed by atoms with van der Waals surface area (Å²) >= 11 is 6.35. The maximum Gasteiger partial charge on any atom is 0.264 e. The molecule has 3 N–H and O–H groups in total. The Hall–Kier alpha value is -4.96. The maximum atomic E-state index is 14.1. The van der Waals surface area contributed by atoms with Gasteiger partial charge in [-0.15, -0.1) is 0 Å². The fraction of sp³-hybridized carbons (Fsp3) is 0.237. The number of carbonyl (C=O) groups is 3. The number of ether oxygens (including phenoxy) is 1. The number of aliphatic hydroxyl groups is 2. The maximum absolute atomic E-state index is 14.1. The fourth-order valence-electron chi connectivity index (χ4n) is 5.81. The number of aliphatic hydroxyl groups excluding tert-OH is 1. The van der Waals surface area contributed by atoms with Crippen molar-refractivity contribution in [2.75, 3.05) is 30.5 Å². The molecule has 1 aliphatic heterocycles. The van der Waals surface area contributed by atoms with E-state index in [0.29, 0.717) is 39.8 Å². The van der Waals surface area contributed by atoms with Crippen LogP contribution in [-0.4, -0.2) is 53.1 Å². The molecule has 0 aromatic heterocycles. The van der Waals surface area contributed by atoms with Crippen LogP contribution in [0, 0.1) is 5.92 Å². The third-order valence-electron chi connectivity index (χ3n) is 8.42. The SMILES string of the molecule is COc1ccc(C(=O)Nc2cccc(CN3C(=O)[C@@](O)([C@@H](C)/C=C/CC(=O)N(CCO)Cc4ccccc4)c4cc(Cl)ccc43)c2)cc1. The van der Waals surface area contributed by atoms with Gasteiger partial charge in [0.05, 0.1) is 25.9 Å². The average molecular weight is 668 g/mol. The van der Waals surface area contributed by atoms with Crippen LogP contribution < -0.4 is 15.0 Å². The summed E-state index contributed by atoms with van der Waals surface area (Å²) in [6.45, 7) is 2.23. The van der Waals surface area contributed by atoms with E-state index in [1.54, 1.807) is 91.7 Å². The zero-order chi connectivity index (χ0) is 34.3. The van der Waals surface area contributed by atoms with Crippen LogP contribution in [0.3, 0.4) is 0 Å². The second-order valence-electron chi connectivity index (χ2n) is 11.6. The summed E-state index contributed by atoms with van der Waals surface area (Å²) in [5, 5.41) is 24.8. The van der Waals surface area contributed by atoms with Gasteiger partial charge in [0, 0.05) is 47.3 Å². The van der Waals surface area contributed by atoms with Gasteiger partial charge in [-0.1, -0.05) is 73.1 Å². The number of rotatable bonds is 13. The van der Waals surface area contributed by atoms with E-state index in [1.807, 2.05) is 36.4 Å². The summed E-state index contributed by atoms with van der Waals surface area (Å²) in [5.74, 6) is -1.07. The molecule has 48 heavy (non-hydrogen) atoms. The minimum absolute atomic E-state index is 0.0304. The highest BCUT2D eigenvalue weighted by Gasteiger charge is 2.52. The van der Waals surface area contributed by atoms with E-state index >= 15 is 0 Å². The number of nitrogens with one attached hydrogen (secondary N) is 1. The molecule has 0 unspecified atom stereocenters. The van der Waals surface area contributed by atoms with Crippen molar-refractivity contribution in [3.8, 4) is 5.75 Å². The quantitative estimate of drug-likeness (QED) is 0.152. The monoisotopic (exact) mass is 667 g/mol. The first-order valence-electron chi connectivity index (χ1n) is 15.6. The zero-order valence-corrected chi connectivity index (χ0v) is 27.6. The number of benzene rings is 4. The molecule has 10 heteroatoms. The number of nitrogens with zero attached hydrogens (tertiary/aromatic N) is 2. The van der Waals surface area contributed by atoms with Gasteiger partial charge in [-0.05, 0) is 65.7 Å². The molecule has 1 heterocycles. The van der Waals surface area contributed by atoms with Gasteiger partial charge in [0.25, 0.3) is 11.8 Å². The van der Waals surface area contributed by atoms with E-state index in [1.165, 1.54) is 4.90 Å². The van der Waals surface area contributed by atoms with Crippen LogP contribution in [0.15, 0.2) is 109 Å². The smallest absolute Gasteiger partial charge is 0.264 e. The molecule has 1 aliphatic rings. The largest absolute Gasteiger partial charge is 0.497 e. The molecule has 3 amide bonds. The van der Waals surface area contributed by atoms with Gasteiger partial charge in [-0.2, -0.15) is 0 Å². The lowest BCUT2D eigenvalue weighted by Gasteiger charge is -2.28. The normalized spacial score (nSPS) is 16.1. The van der Waals surface area contributed by atoms with E-state index in [2.05, 4.69) is 5.32 Å². The Morgan fingerprint density at radius 1 is 1.00 bits per heavy atom. The molecule has 0 saturated heterocycles. The molecule has 0 saturated carbocycles. The molecule has 2 atom stereocenters. The van der Waals surface area contributed by atoms with Gasteiger partial charge in [0.1, 0.15) is 5.75 Å². The predicted octanol–water partition coefficient (Wildman–Crippen LogP) is 5.94. The van der Waals surface area contributed by atoms with Gasteiger partial charge in [-0.25, -0.2) is 0 Å². The lowest BCUT2D eigenvalue weighted by molar-refractivity contribution is -0.139. The Morgan fingerprint density at radius 2 is 1.73 bits per heavy atom. The molecule has 5 rings (SSSR count). The van der Waals surface area contributed by atoms with E-state index in [-0.39, 0.29) is 37.9 Å². The van der Waals surface area contributed by atoms with Gasteiger partial charge in [0.15, 0.2) is 5.60 Å². The van der Waals surface area contributed by atoms with E-state index in [4.69, 9.17) is 16.3 Å². The summed E-state index contributed by atoms with van der Waals surface area (Å²) in [4.78, 5) is 43.0. The molecule has 0 aliphatic carbocycles. The summed E-state index contributed by atoms with van der Waals surface area (Å²) in [5.41, 5.74) is 1.65. The number of methoxy groups -OCH3 is 1. The highest BCUT2D eigenvalue weighted by Crippen LogP contribution is 2.46. The highest BCUT2D eigenvalue weighted by atomic mass is 35.5. The second kappa shape index (κ2) is 15.3. The summed E-state index contributed by atoms with van der Waals surface area (Å²) in [6, 6.07) is 28.4. The number of halogens is 1. The third-order valence-corrected chi connectivity index (χ3v) is 8.66.